The number of carbonyl (C=O) groups is 2. The van der Waals surface area contributed by atoms with Crippen molar-refractivity contribution in [2.45, 2.75) is 45.9 Å². The summed E-state index contributed by atoms with van der Waals surface area (Å²) in [5.74, 6) is 0.0648. The molecule has 4 atom stereocenters. The minimum atomic E-state index is -0.642. The van der Waals surface area contributed by atoms with Crippen molar-refractivity contribution in [1.29, 1.82) is 0 Å². The third kappa shape index (κ3) is 4.55. The number of amides is 2. The number of hydrogen-bond donors (Lipinski definition) is 3. The first kappa shape index (κ1) is 22.0. The molecular weight excluding hydrogens is 406 g/mol. The zero-order valence-electron chi connectivity index (χ0n) is 17.4. The number of fused-ring (bicyclic) bond motifs is 1. The first-order valence-electron chi connectivity index (χ1n) is 9.83. The summed E-state index contributed by atoms with van der Waals surface area (Å²) in [7, 11) is 0. The molecule has 1 aromatic carbocycles. The Morgan fingerprint density at radius 3 is 2.53 bits per heavy atom. The lowest BCUT2D eigenvalue weighted by molar-refractivity contribution is -0.117. The van der Waals surface area contributed by atoms with Gasteiger partial charge in [0.05, 0.1) is 29.6 Å². The number of anilines is 2. The third-order valence-corrected chi connectivity index (χ3v) is 5.58. The normalized spacial score (nSPS) is 21.5. The molecule has 0 saturated heterocycles. The number of carbonyl (C=O) groups excluding carboxylic acids is 2. The third-order valence-electron chi connectivity index (χ3n) is 5.38. The highest BCUT2D eigenvalue weighted by molar-refractivity contribution is 6.30. The molecule has 30 heavy (non-hydrogen) atoms. The highest BCUT2D eigenvalue weighted by atomic mass is 35.5. The highest BCUT2D eigenvalue weighted by Crippen LogP contribution is 2.42. The van der Waals surface area contributed by atoms with Crippen molar-refractivity contribution in [3.8, 4) is 0 Å². The number of rotatable bonds is 5. The van der Waals surface area contributed by atoms with Gasteiger partial charge in [0, 0.05) is 36.7 Å². The summed E-state index contributed by atoms with van der Waals surface area (Å²) in [6.45, 7) is 7.33. The molecule has 2 aromatic rings. The molecule has 160 valence electrons. The van der Waals surface area contributed by atoms with Crippen LogP contribution in [0.1, 0.15) is 49.7 Å². The summed E-state index contributed by atoms with van der Waals surface area (Å²) >= 11 is 5.89. The van der Waals surface area contributed by atoms with Crippen LogP contribution in [0.15, 0.2) is 30.6 Å². The van der Waals surface area contributed by atoms with E-state index >= 15 is 0 Å². The van der Waals surface area contributed by atoms with E-state index in [0.29, 0.717) is 16.5 Å². The van der Waals surface area contributed by atoms with Crippen molar-refractivity contribution >= 4 is 35.1 Å². The molecule has 0 unspecified atom stereocenters. The van der Waals surface area contributed by atoms with Gasteiger partial charge in [0.25, 0.3) is 5.91 Å². The predicted molar refractivity (Wildman–Crippen MR) is 116 cm³/mol. The SMILES string of the molecule is CC(=O)N1c2ccc(C(=O)NC[C@H](C)O)cc2[C@H](Nc2ncc(Cl)cn2)[C@@H](C)[C@@H]1C. The number of nitrogens with zero attached hydrogens (tertiary/aromatic N) is 3. The smallest absolute Gasteiger partial charge is 0.251 e. The Balaban J connectivity index is 2.02. The Bertz CT molecular complexity index is 935. The molecule has 1 aliphatic rings. The molecule has 3 rings (SSSR count). The molecule has 0 radical (unpaired) electrons. The van der Waals surface area contributed by atoms with Gasteiger partial charge in [-0.05, 0) is 37.6 Å². The van der Waals surface area contributed by atoms with Gasteiger partial charge in [-0.25, -0.2) is 9.97 Å². The second kappa shape index (κ2) is 8.97. The van der Waals surface area contributed by atoms with E-state index in [0.717, 1.165) is 11.3 Å². The largest absolute Gasteiger partial charge is 0.392 e. The molecule has 3 N–H and O–H groups in total. The van der Waals surface area contributed by atoms with Crippen LogP contribution < -0.4 is 15.5 Å². The zero-order chi connectivity index (χ0) is 22.0. The zero-order valence-corrected chi connectivity index (χ0v) is 18.1. The van der Waals surface area contributed by atoms with Gasteiger partial charge in [-0.15, -0.1) is 0 Å². The van der Waals surface area contributed by atoms with Gasteiger partial charge in [-0.2, -0.15) is 0 Å². The fourth-order valence-electron chi connectivity index (χ4n) is 3.71. The van der Waals surface area contributed by atoms with Gasteiger partial charge < -0.3 is 20.6 Å². The number of hydrogen-bond acceptors (Lipinski definition) is 6. The van der Waals surface area contributed by atoms with Crippen molar-refractivity contribution in [2.75, 3.05) is 16.8 Å². The number of aliphatic hydroxyl groups is 1. The quantitative estimate of drug-likeness (QED) is 0.671. The standard InChI is InChI=1S/C21H26ClN5O3/c1-11(28)8-23-20(30)15-5-6-18-17(7-15)19(12(2)13(3)27(18)14(4)29)26-21-24-9-16(22)10-25-21/h5-7,9-13,19,28H,8H2,1-4H3,(H,23,30)(H,24,25,26)/t11-,12-,13-,19+/m0/s1. The average molecular weight is 432 g/mol. The Hall–Kier alpha value is -2.71. The maximum Gasteiger partial charge on any atom is 0.251 e. The lowest BCUT2D eigenvalue weighted by Crippen LogP contribution is -2.48. The van der Waals surface area contributed by atoms with Crippen LogP contribution in [-0.2, 0) is 4.79 Å². The molecule has 2 heterocycles. The van der Waals surface area contributed by atoms with Crippen molar-refractivity contribution in [3.05, 3.63) is 46.7 Å². The number of nitrogens with one attached hydrogen (secondary N) is 2. The summed E-state index contributed by atoms with van der Waals surface area (Å²) in [6.07, 6.45) is 2.38. The Morgan fingerprint density at radius 1 is 1.27 bits per heavy atom. The second-order valence-corrected chi connectivity index (χ2v) is 8.10. The lowest BCUT2D eigenvalue weighted by Gasteiger charge is -2.44. The van der Waals surface area contributed by atoms with Crippen LogP contribution in [-0.4, -0.2) is 45.6 Å². The molecule has 0 fully saturated rings. The monoisotopic (exact) mass is 431 g/mol. The first-order chi connectivity index (χ1) is 14.2. The molecule has 0 spiro atoms. The molecule has 2 amide bonds. The highest BCUT2D eigenvalue weighted by Gasteiger charge is 2.38. The van der Waals surface area contributed by atoms with Gasteiger partial charge in [-0.3, -0.25) is 9.59 Å². The first-order valence-corrected chi connectivity index (χ1v) is 10.2. The van der Waals surface area contributed by atoms with E-state index in [4.69, 9.17) is 11.6 Å². The summed E-state index contributed by atoms with van der Waals surface area (Å²) in [5.41, 5.74) is 1.99. The van der Waals surface area contributed by atoms with Crippen LogP contribution in [0.25, 0.3) is 0 Å². The van der Waals surface area contributed by atoms with Crippen molar-refractivity contribution in [3.63, 3.8) is 0 Å². The lowest BCUT2D eigenvalue weighted by atomic mass is 9.82. The fraction of sp³-hybridized carbons (Fsp3) is 0.429. The molecule has 1 aromatic heterocycles. The van der Waals surface area contributed by atoms with Crippen molar-refractivity contribution in [2.24, 2.45) is 5.92 Å². The van der Waals surface area contributed by atoms with Crippen LogP contribution >= 0.6 is 11.6 Å². The van der Waals surface area contributed by atoms with Crippen molar-refractivity contribution in [1.82, 2.24) is 15.3 Å². The maximum atomic E-state index is 12.5. The minimum Gasteiger partial charge on any atom is -0.392 e. The van der Waals surface area contributed by atoms with E-state index in [1.54, 1.807) is 30.0 Å². The van der Waals surface area contributed by atoms with Crippen molar-refractivity contribution < 1.29 is 14.7 Å². The summed E-state index contributed by atoms with van der Waals surface area (Å²) in [6, 6.07) is 4.95. The predicted octanol–water partition coefficient (Wildman–Crippen LogP) is 2.78. The Morgan fingerprint density at radius 2 is 1.93 bits per heavy atom. The number of aliphatic hydroxyl groups excluding tert-OH is 1. The summed E-state index contributed by atoms with van der Waals surface area (Å²) in [5, 5.41) is 15.9. The van der Waals surface area contributed by atoms with Crippen LogP contribution in [0.2, 0.25) is 5.02 Å². The van der Waals surface area contributed by atoms with Gasteiger partial charge in [0.2, 0.25) is 11.9 Å². The van der Waals surface area contributed by atoms with E-state index in [1.165, 1.54) is 19.3 Å². The minimum absolute atomic E-state index is 0.0106. The summed E-state index contributed by atoms with van der Waals surface area (Å²) in [4.78, 5) is 35.1. The number of aromatic nitrogens is 2. The second-order valence-electron chi connectivity index (χ2n) is 7.67. The van der Waals surface area contributed by atoms with Crippen LogP contribution in [0.4, 0.5) is 11.6 Å². The van der Waals surface area contributed by atoms with Gasteiger partial charge in [0.15, 0.2) is 0 Å². The van der Waals surface area contributed by atoms with Crippen LogP contribution in [0.3, 0.4) is 0 Å². The van der Waals surface area contributed by atoms with E-state index in [9.17, 15) is 14.7 Å². The topological polar surface area (TPSA) is 107 Å². The molecular formula is C21H26ClN5O3. The van der Waals surface area contributed by atoms with Crippen LogP contribution in [0, 0.1) is 5.92 Å². The average Bonchev–Trinajstić information content (AvgIpc) is 2.70. The molecule has 0 bridgehead atoms. The Labute approximate surface area is 180 Å². The molecule has 1 aliphatic heterocycles. The number of halogens is 1. The van der Waals surface area contributed by atoms with E-state index in [1.807, 2.05) is 13.8 Å². The van der Waals surface area contributed by atoms with Crippen LogP contribution in [0.5, 0.6) is 0 Å². The summed E-state index contributed by atoms with van der Waals surface area (Å²) < 4.78 is 0. The number of benzene rings is 1. The van der Waals surface area contributed by atoms with Gasteiger partial charge >= 0.3 is 0 Å². The maximum absolute atomic E-state index is 12.5. The Kier molecular flexibility index (Phi) is 6.58. The van der Waals surface area contributed by atoms with E-state index in [2.05, 4.69) is 20.6 Å². The molecule has 0 aliphatic carbocycles. The van der Waals surface area contributed by atoms with E-state index in [-0.39, 0.29) is 36.4 Å². The molecule has 9 heteroatoms. The molecule has 0 saturated carbocycles. The van der Waals surface area contributed by atoms with E-state index < -0.39 is 6.10 Å². The fourth-order valence-corrected chi connectivity index (χ4v) is 3.81. The van der Waals surface area contributed by atoms with Gasteiger partial charge in [0.1, 0.15) is 0 Å². The van der Waals surface area contributed by atoms with Gasteiger partial charge in [-0.1, -0.05) is 18.5 Å². The molecule has 8 nitrogen and oxygen atoms in total.